The second kappa shape index (κ2) is 4.12. The number of carbonyl (C=O) groups excluding carboxylic acids is 3. The van der Waals surface area contributed by atoms with Crippen LogP contribution in [-0.2, 0) is 19.1 Å². The molecule has 5 N–H and O–H groups in total. The van der Waals surface area contributed by atoms with E-state index >= 15 is 0 Å². The lowest BCUT2D eigenvalue weighted by Crippen LogP contribution is -2.58. The second-order valence-electron chi connectivity index (χ2n) is 6.09. The molecule has 0 radical (unpaired) electrons. The van der Waals surface area contributed by atoms with Crippen LogP contribution in [0.3, 0.4) is 0 Å². The number of Topliss-reactive ketones (excluding diaryl/α,β-unsaturated/α-hetero) is 2. The van der Waals surface area contributed by atoms with Gasteiger partial charge < -0.3 is 31.2 Å². The predicted molar refractivity (Wildman–Crippen MR) is 75.5 cm³/mol. The van der Waals surface area contributed by atoms with E-state index in [2.05, 4.69) is 5.32 Å². The van der Waals surface area contributed by atoms with Crippen molar-refractivity contribution in [3.8, 4) is 0 Å². The average Bonchev–Trinajstić information content (AvgIpc) is 3.12. The van der Waals surface area contributed by atoms with Gasteiger partial charge in [0, 0.05) is 25.3 Å². The lowest BCUT2D eigenvalue weighted by atomic mass is 9.88. The highest BCUT2D eigenvalue weighted by Gasteiger charge is 2.74. The molecule has 0 aromatic rings. The molecule has 4 atom stereocenters. The number of fused-ring (bicyclic) bond motifs is 4. The van der Waals surface area contributed by atoms with Crippen molar-refractivity contribution in [1.82, 2.24) is 10.2 Å². The van der Waals surface area contributed by atoms with E-state index in [1.54, 1.807) is 4.90 Å². The number of amides is 1. The number of ketones is 2. The molecule has 0 aromatic heterocycles. The van der Waals surface area contributed by atoms with Gasteiger partial charge in [0.25, 0.3) is 0 Å². The Balaban J connectivity index is 1.91. The van der Waals surface area contributed by atoms with Crippen molar-refractivity contribution in [2.24, 2.45) is 11.5 Å². The maximum absolute atomic E-state index is 12.7. The first-order valence-electron chi connectivity index (χ1n) is 7.19. The summed E-state index contributed by atoms with van der Waals surface area (Å²) in [6.07, 6.45) is -2.15. The first kappa shape index (κ1) is 14.2. The quantitative estimate of drug-likeness (QED) is 0.395. The molecule has 3 heterocycles. The zero-order valence-corrected chi connectivity index (χ0v) is 12.6. The van der Waals surface area contributed by atoms with Gasteiger partial charge >= 0.3 is 6.09 Å². The molecule has 2 saturated heterocycles. The van der Waals surface area contributed by atoms with Crippen molar-refractivity contribution in [3.05, 3.63) is 22.5 Å². The Kier molecular flexibility index (Phi) is 2.55. The predicted octanol–water partition coefficient (Wildman–Crippen LogP) is -1.90. The zero-order chi connectivity index (χ0) is 16.7. The van der Waals surface area contributed by atoms with E-state index in [-0.39, 0.29) is 40.4 Å². The number of allylic oxidation sites excluding steroid dienone is 2. The first-order valence-corrected chi connectivity index (χ1v) is 7.19. The van der Waals surface area contributed by atoms with Crippen LogP contribution < -0.4 is 16.8 Å². The third-order valence-electron chi connectivity index (χ3n) is 5.11. The topological polar surface area (TPSA) is 147 Å². The summed E-state index contributed by atoms with van der Waals surface area (Å²) in [6.45, 7) is 1.98. The minimum atomic E-state index is -1.15. The monoisotopic (exact) mass is 320 g/mol. The molecule has 122 valence electrons. The molecule has 1 aliphatic carbocycles. The van der Waals surface area contributed by atoms with Crippen molar-refractivity contribution in [2.75, 3.05) is 13.7 Å². The highest BCUT2D eigenvalue weighted by Crippen LogP contribution is 2.53. The van der Waals surface area contributed by atoms with Gasteiger partial charge in [-0.3, -0.25) is 9.59 Å². The normalized spacial score (nSPS) is 37.8. The van der Waals surface area contributed by atoms with Crippen molar-refractivity contribution in [2.45, 2.75) is 30.8 Å². The number of hydrogen-bond donors (Lipinski definition) is 3. The molecule has 1 amide bonds. The number of piperazine rings is 1. The van der Waals surface area contributed by atoms with Crippen LogP contribution in [0.1, 0.15) is 6.92 Å². The van der Waals surface area contributed by atoms with Crippen molar-refractivity contribution < 1.29 is 23.9 Å². The lowest BCUT2D eigenvalue weighted by molar-refractivity contribution is -0.151. The second-order valence-corrected chi connectivity index (χ2v) is 6.09. The molecule has 2 fully saturated rings. The number of nitrogens with two attached hydrogens (primary N) is 2. The van der Waals surface area contributed by atoms with Gasteiger partial charge in [-0.25, -0.2) is 4.79 Å². The Morgan fingerprint density at radius 1 is 1.39 bits per heavy atom. The minimum Gasteiger partial charge on any atom is -0.436 e. The number of carbonyl (C=O) groups is 3. The van der Waals surface area contributed by atoms with Crippen LogP contribution in [0.25, 0.3) is 0 Å². The summed E-state index contributed by atoms with van der Waals surface area (Å²) in [5.41, 5.74) is 10.1. The molecular formula is C14H16N4O5. The Morgan fingerprint density at radius 3 is 2.70 bits per heavy atom. The number of rotatable bonds is 2. The van der Waals surface area contributed by atoms with Crippen LogP contribution in [-0.4, -0.2) is 60.1 Å². The summed E-state index contributed by atoms with van der Waals surface area (Å²) >= 11 is 0. The van der Waals surface area contributed by atoms with Gasteiger partial charge in [-0.2, -0.15) is 0 Å². The Bertz CT molecular complexity index is 741. The van der Waals surface area contributed by atoms with Gasteiger partial charge in [0.1, 0.15) is 0 Å². The highest BCUT2D eigenvalue weighted by atomic mass is 16.6. The van der Waals surface area contributed by atoms with Crippen LogP contribution in [0.5, 0.6) is 0 Å². The molecule has 0 saturated carbocycles. The summed E-state index contributed by atoms with van der Waals surface area (Å²) in [7, 11) is 1.45. The molecule has 9 heteroatoms. The van der Waals surface area contributed by atoms with E-state index in [9.17, 15) is 14.4 Å². The molecule has 9 nitrogen and oxygen atoms in total. The average molecular weight is 320 g/mol. The lowest BCUT2D eigenvalue weighted by Gasteiger charge is -2.38. The van der Waals surface area contributed by atoms with Crippen molar-refractivity contribution in [1.29, 1.82) is 0 Å². The van der Waals surface area contributed by atoms with Crippen LogP contribution >= 0.6 is 0 Å². The molecule has 0 spiro atoms. The van der Waals surface area contributed by atoms with Gasteiger partial charge in [-0.05, 0) is 6.92 Å². The summed E-state index contributed by atoms with van der Waals surface area (Å²) in [6, 6.07) is -0.0565. The number of nitrogens with one attached hydrogen (secondary N) is 1. The summed E-state index contributed by atoms with van der Waals surface area (Å²) in [5.74, 6) is -0.873. The fraction of sp³-hybridized carbons (Fsp3) is 0.500. The SMILES string of the molecule is CO[C@@]12[C@H](OC(N)=O)C3=C(C(=O)C(C)=C(N)C3=O)N1C[C@@H]1N[C@@H]12. The van der Waals surface area contributed by atoms with Crippen molar-refractivity contribution >= 4 is 17.7 Å². The molecular weight excluding hydrogens is 304 g/mol. The van der Waals surface area contributed by atoms with Gasteiger partial charge in [-0.15, -0.1) is 0 Å². The molecule has 4 rings (SSSR count). The zero-order valence-electron chi connectivity index (χ0n) is 12.6. The van der Waals surface area contributed by atoms with E-state index < -0.39 is 23.7 Å². The summed E-state index contributed by atoms with van der Waals surface area (Å²) in [4.78, 5) is 38.4. The smallest absolute Gasteiger partial charge is 0.405 e. The van der Waals surface area contributed by atoms with Gasteiger partial charge in [0.15, 0.2) is 11.8 Å². The summed E-state index contributed by atoms with van der Waals surface area (Å²) < 4.78 is 10.9. The Morgan fingerprint density at radius 2 is 2.09 bits per heavy atom. The van der Waals surface area contributed by atoms with Crippen LogP contribution in [0.2, 0.25) is 0 Å². The minimum absolute atomic E-state index is 0.0471. The van der Waals surface area contributed by atoms with E-state index in [0.29, 0.717) is 6.54 Å². The van der Waals surface area contributed by atoms with E-state index in [0.717, 1.165) is 0 Å². The van der Waals surface area contributed by atoms with E-state index in [4.69, 9.17) is 20.9 Å². The summed E-state index contributed by atoms with van der Waals surface area (Å²) in [5, 5.41) is 3.20. The Hall–Kier alpha value is -2.39. The number of methoxy groups -OCH3 is 1. The molecule has 3 aliphatic heterocycles. The largest absolute Gasteiger partial charge is 0.436 e. The van der Waals surface area contributed by atoms with Crippen LogP contribution in [0, 0.1) is 0 Å². The third-order valence-corrected chi connectivity index (χ3v) is 5.11. The van der Waals surface area contributed by atoms with Gasteiger partial charge in [-0.1, -0.05) is 0 Å². The maximum Gasteiger partial charge on any atom is 0.405 e. The number of primary amides is 1. The fourth-order valence-corrected chi connectivity index (χ4v) is 3.99. The first-order chi connectivity index (χ1) is 10.8. The standard InChI is InChI=1S/C14H16N4O5/c1-4-7(15)10(20)6-8(9(4)19)18-3-5-11(17-5)14(18,22-2)12(6)23-13(16)21/h5,11-12,17H,3,15H2,1-2H3,(H2,16,21)/t5-,11-,12+,14-/m0/s1. The van der Waals surface area contributed by atoms with Crippen LogP contribution in [0.15, 0.2) is 22.5 Å². The molecule has 0 unspecified atom stereocenters. The Labute approximate surface area is 131 Å². The van der Waals surface area contributed by atoms with Gasteiger partial charge in [0.2, 0.25) is 11.6 Å². The van der Waals surface area contributed by atoms with E-state index in [1.165, 1.54) is 14.0 Å². The molecule has 0 bridgehead atoms. The van der Waals surface area contributed by atoms with Crippen molar-refractivity contribution in [3.63, 3.8) is 0 Å². The number of hydrogen-bond acceptors (Lipinski definition) is 8. The number of ether oxygens (including phenoxy) is 2. The molecule has 4 aliphatic rings. The van der Waals surface area contributed by atoms with Crippen LogP contribution in [0.4, 0.5) is 4.79 Å². The van der Waals surface area contributed by atoms with E-state index in [1.807, 2.05) is 0 Å². The maximum atomic E-state index is 12.7. The fourth-order valence-electron chi connectivity index (χ4n) is 3.99. The highest BCUT2D eigenvalue weighted by molar-refractivity contribution is 6.25. The molecule has 23 heavy (non-hydrogen) atoms. The molecule has 0 aromatic carbocycles. The third kappa shape index (κ3) is 1.46. The van der Waals surface area contributed by atoms with Gasteiger partial charge in [0.05, 0.1) is 23.0 Å². The number of nitrogens with zero attached hydrogens (tertiary/aromatic N) is 1.